The summed E-state index contributed by atoms with van der Waals surface area (Å²) in [5.74, 6) is 1.92. The molecule has 0 bridgehead atoms. The molecule has 128 valence electrons. The van der Waals surface area contributed by atoms with Crippen LogP contribution in [0.3, 0.4) is 0 Å². The predicted octanol–water partition coefficient (Wildman–Crippen LogP) is 3.09. The zero-order valence-electron chi connectivity index (χ0n) is 14.5. The first kappa shape index (κ1) is 16.6. The van der Waals surface area contributed by atoms with Gasteiger partial charge in [-0.05, 0) is 50.3 Å². The van der Waals surface area contributed by atoms with Crippen molar-refractivity contribution >= 4 is 0 Å². The fraction of sp³-hybridized carbons (Fsp3) is 0.684. The number of aliphatic hydroxyl groups is 1. The lowest BCUT2D eigenvalue weighted by Gasteiger charge is -2.34. The number of benzene rings is 1. The molecule has 4 heteroatoms. The molecule has 1 aromatic carbocycles. The molecular formula is C19H29NO3. The highest BCUT2D eigenvalue weighted by Crippen LogP contribution is 2.44. The van der Waals surface area contributed by atoms with Gasteiger partial charge in [0.1, 0.15) is 0 Å². The van der Waals surface area contributed by atoms with Crippen molar-refractivity contribution in [2.75, 3.05) is 20.2 Å². The second kappa shape index (κ2) is 6.70. The van der Waals surface area contributed by atoms with Crippen molar-refractivity contribution in [1.82, 2.24) is 5.32 Å². The van der Waals surface area contributed by atoms with Crippen molar-refractivity contribution in [1.29, 1.82) is 0 Å². The Bertz CT molecular complexity index is 539. The third kappa shape index (κ3) is 3.20. The van der Waals surface area contributed by atoms with Crippen molar-refractivity contribution in [2.24, 2.45) is 5.41 Å². The largest absolute Gasteiger partial charge is 0.493 e. The van der Waals surface area contributed by atoms with Gasteiger partial charge in [0, 0.05) is 24.4 Å². The Morgan fingerprint density at radius 1 is 1.26 bits per heavy atom. The highest BCUT2D eigenvalue weighted by Gasteiger charge is 2.43. The summed E-state index contributed by atoms with van der Waals surface area (Å²) in [6.45, 7) is 5.76. The maximum absolute atomic E-state index is 10.2. The van der Waals surface area contributed by atoms with Crippen LogP contribution in [0.1, 0.15) is 51.0 Å². The molecule has 2 aliphatic rings. The highest BCUT2D eigenvalue weighted by atomic mass is 16.5. The van der Waals surface area contributed by atoms with Crippen molar-refractivity contribution in [3.05, 3.63) is 23.8 Å². The van der Waals surface area contributed by atoms with Gasteiger partial charge in [0.25, 0.3) is 0 Å². The minimum Gasteiger partial charge on any atom is -0.493 e. The van der Waals surface area contributed by atoms with Gasteiger partial charge in [0.05, 0.1) is 19.3 Å². The summed E-state index contributed by atoms with van der Waals surface area (Å²) in [4.78, 5) is 0. The van der Waals surface area contributed by atoms with E-state index in [0.29, 0.717) is 6.10 Å². The number of hydrogen-bond acceptors (Lipinski definition) is 4. The molecule has 0 spiro atoms. The van der Waals surface area contributed by atoms with Crippen molar-refractivity contribution in [3.63, 3.8) is 0 Å². The van der Waals surface area contributed by atoms with Gasteiger partial charge in [-0.15, -0.1) is 0 Å². The third-order valence-electron chi connectivity index (χ3n) is 5.79. The monoisotopic (exact) mass is 319 g/mol. The minimum absolute atomic E-state index is 0.154. The average Bonchev–Trinajstić information content (AvgIpc) is 3.17. The fourth-order valence-electron chi connectivity index (χ4n) is 3.97. The molecule has 0 unspecified atom stereocenters. The van der Waals surface area contributed by atoms with E-state index in [9.17, 15) is 5.11 Å². The van der Waals surface area contributed by atoms with Crippen LogP contribution in [0.25, 0.3) is 0 Å². The first-order valence-corrected chi connectivity index (χ1v) is 8.78. The summed E-state index contributed by atoms with van der Waals surface area (Å²) >= 11 is 0. The van der Waals surface area contributed by atoms with Crippen LogP contribution in [0.2, 0.25) is 0 Å². The van der Waals surface area contributed by atoms with Crippen LogP contribution in [0.4, 0.5) is 0 Å². The molecule has 0 amide bonds. The summed E-state index contributed by atoms with van der Waals surface area (Å²) in [6, 6.07) is 6.23. The van der Waals surface area contributed by atoms with E-state index in [1.165, 1.54) is 18.4 Å². The van der Waals surface area contributed by atoms with Crippen molar-refractivity contribution < 1.29 is 14.6 Å². The van der Waals surface area contributed by atoms with Crippen LogP contribution in [0.5, 0.6) is 11.5 Å². The van der Waals surface area contributed by atoms with E-state index >= 15 is 0 Å². The molecule has 23 heavy (non-hydrogen) atoms. The van der Waals surface area contributed by atoms with E-state index in [1.807, 2.05) is 13.0 Å². The van der Waals surface area contributed by atoms with Gasteiger partial charge in [-0.3, -0.25) is 0 Å². The third-order valence-corrected chi connectivity index (χ3v) is 5.79. The molecule has 3 atom stereocenters. The molecular weight excluding hydrogens is 290 g/mol. The molecule has 1 aromatic rings. The molecule has 1 saturated carbocycles. The Balaban J connectivity index is 1.87. The smallest absolute Gasteiger partial charge is 0.161 e. The normalized spacial score (nSPS) is 29.7. The Kier molecular flexibility index (Phi) is 4.83. The molecule has 1 heterocycles. The van der Waals surface area contributed by atoms with E-state index in [-0.39, 0.29) is 17.4 Å². The van der Waals surface area contributed by atoms with Crippen LogP contribution < -0.4 is 14.8 Å². The van der Waals surface area contributed by atoms with Crippen LogP contribution in [0.15, 0.2) is 18.2 Å². The van der Waals surface area contributed by atoms with Crippen LogP contribution in [-0.4, -0.2) is 37.5 Å². The number of nitrogens with one attached hydrogen (secondary N) is 1. The summed E-state index contributed by atoms with van der Waals surface area (Å²) in [7, 11) is 1.69. The quantitative estimate of drug-likeness (QED) is 0.876. The molecule has 4 nitrogen and oxygen atoms in total. The van der Waals surface area contributed by atoms with Gasteiger partial charge in [-0.1, -0.05) is 13.0 Å². The van der Waals surface area contributed by atoms with Crippen LogP contribution >= 0.6 is 0 Å². The highest BCUT2D eigenvalue weighted by molar-refractivity contribution is 5.45. The number of aliphatic hydroxyl groups excluding tert-OH is 1. The Labute approximate surface area is 139 Å². The number of ether oxygens (including phenoxy) is 2. The second-order valence-corrected chi connectivity index (χ2v) is 7.30. The van der Waals surface area contributed by atoms with E-state index in [4.69, 9.17) is 9.47 Å². The summed E-state index contributed by atoms with van der Waals surface area (Å²) in [6.07, 6.45) is 4.71. The van der Waals surface area contributed by atoms with E-state index in [2.05, 4.69) is 24.4 Å². The standard InChI is InChI=1S/C19H29NO3/c1-13(21)19(2)12-20-11-16(19)14-8-9-17(22-3)18(10-14)23-15-6-4-5-7-15/h8-10,13,15-16,20-21H,4-7,11-12H2,1-3H3/t13-,16+,19-/m0/s1. The maximum atomic E-state index is 10.2. The van der Waals surface area contributed by atoms with E-state index < -0.39 is 0 Å². The molecule has 2 fully saturated rings. The van der Waals surface area contributed by atoms with Crippen molar-refractivity contribution in [2.45, 2.75) is 57.7 Å². The second-order valence-electron chi connectivity index (χ2n) is 7.30. The van der Waals surface area contributed by atoms with Gasteiger partial charge in [0.15, 0.2) is 11.5 Å². The lowest BCUT2D eigenvalue weighted by molar-refractivity contribution is 0.0548. The number of hydrogen-bond donors (Lipinski definition) is 2. The van der Waals surface area contributed by atoms with E-state index in [1.54, 1.807) is 7.11 Å². The molecule has 1 aliphatic carbocycles. The Hall–Kier alpha value is -1.26. The zero-order valence-corrected chi connectivity index (χ0v) is 14.5. The molecule has 0 aromatic heterocycles. The minimum atomic E-state index is -0.358. The lowest BCUT2D eigenvalue weighted by atomic mass is 9.72. The number of methoxy groups -OCH3 is 1. The number of rotatable bonds is 5. The van der Waals surface area contributed by atoms with Gasteiger partial charge in [0.2, 0.25) is 0 Å². The van der Waals surface area contributed by atoms with Crippen LogP contribution in [-0.2, 0) is 0 Å². The summed E-state index contributed by atoms with van der Waals surface area (Å²) in [5.41, 5.74) is 1.06. The summed E-state index contributed by atoms with van der Waals surface area (Å²) < 4.78 is 11.7. The molecule has 1 aliphatic heterocycles. The first-order chi connectivity index (χ1) is 11.0. The summed E-state index contributed by atoms with van der Waals surface area (Å²) in [5, 5.41) is 13.7. The van der Waals surface area contributed by atoms with Crippen molar-refractivity contribution in [3.8, 4) is 11.5 Å². The van der Waals surface area contributed by atoms with Crippen LogP contribution in [0, 0.1) is 5.41 Å². The topological polar surface area (TPSA) is 50.7 Å². The lowest BCUT2D eigenvalue weighted by Crippen LogP contribution is -2.36. The maximum Gasteiger partial charge on any atom is 0.161 e. The zero-order chi connectivity index (χ0) is 16.4. The SMILES string of the molecule is COc1ccc([C@H]2CNC[C@@]2(C)[C@H](C)O)cc1OC1CCCC1. The van der Waals surface area contributed by atoms with Gasteiger partial charge < -0.3 is 19.9 Å². The molecule has 0 radical (unpaired) electrons. The Morgan fingerprint density at radius 3 is 2.65 bits per heavy atom. The molecule has 3 rings (SSSR count). The Morgan fingerprint density at radius 2 is 2.00 bits per heavy atom. The van der Waals surface area contributed by atoms with Gasteiger partial charge in [-0.2, -0.15) is 0 Å². The molecule has 2 N–H and O–H groups in total. The predicted molar refractivity (Wildman–Crippen MR) is 91.3 cm³/mol. The molecule has 1 saturated heterocycles. The van der Waals surface area contributed by atoms with Gasteiger partial charge >= 0.3 is 0 Å². The average molecular weight is 319 g/mol. The fourth-order valence-corrected chi connectivity index (χ4v) is 3.97. The first-order valence-electron chi connectivity index (χ1n) is 8.78. The van der Waals surface area contributed by atoms with E-state index in [0.717, 1.165) is 37.4 Å². The van der Waals surface area contributed by atoms with Gasteiger partial charge in [-0.25, -0.2) is 0 Å².